The van der Waals surface area contributed by atoms with Crippen molar-refractivity contribution in [3.63, 3.8) is 0 Å². The fourth-order valence-corrected chi connectivity index (χ4v) is 5.45. The second-order valence-corrected chi connectivity index (χ2v) is 9.02. The van der Waals surface area contributed by atoms with Crippen LogP contribution in [0.5, 0.6) is 0 Å². The third-order valence-electron chi connectivity index (χ3n) is 5.21. The highest BCUT2D eigenvalue weighted by atomic mass is 32.2. The quantitative estimate of drug-likeness (QED) is 0.784. The number of hydrogen-bond donors (Lipinski definition) is 0. The lowest BCUT2D eigenvalue weighted by Gasteiger charge is -2.26. The summed E-state index contributed by atoms with van der Waals surface area (Å²) in [4.78, 5) is 0. The Hall–Kier alpha value is -1.74. The van der Waals surface area contributed by atoms with Crippen molar-refractivity contribution in [2.75, 3.05) is 38.7 Å². The van der Waals surface area contributed by atoms with E-state index in [4.69, 9.17) is 14.6 Å². The van der Waals surface area contributed by atoms with E-state index in [1.807, 2.05) is 42.1 Å². The smallest absolute Gasteiger partial charge is 0.216 e. The molecular formula is C19H25N3O4S. The molecule has 1 saturated heterocycles. The molecule has 4 rings (SSSR count). The van der Waals surface area contributed by atoms with Crippen molar-refractivity contribution in [1.82, 2.24) is 14.1 Å². The minimum atomic E-state index is -3.39. The lowest BCUT2D eigenvalue weighted by molar-refractivity contribution is -0.0785. The number of ether oxygens (including phenoxy) is 2. The standard InChI is InChI=1S/C19H25N3O4S/c1-21-18-8-10-22(27(23,24)14-16-13-25-11-12-26-16)9-7-17(18)19(20-21)15-5-3-2-4-6-15/h2-6,16H,7-14H2,1H3. The number of fused-ring (bicyclic) bond motifs is 1. The van der Waals surface area contributed by atoms with Gasteiger partial charge in [0.2, 0.25) is 10.0 Å². The number of hydrogen-bond acceptors (Lipinski definition) is 5. The molecule has 0 N–H and O–H groups in total. The summed E-state index contributed by atoms with van der Waals surface area (Å²) in [6, 6.07) is 10.1. The highest BCUT2D eigenvalue weighted by Gasteiger charge is 2.31. The van der Waals surface area contributed by atoms with Crippen molar-refractivity contribution in [2.24, 2.45) is 7.05 Å². The molecule has 1 unspecified atom stereocenters. The Balaban J connectivity index is 1.53. The van der Waals surface area contributed by atoms with Crippen LogP contribution >= 0.6 is 0 Å². The summed E-state index contributed by atoms with van der Waals surface area (Å²) in [5.74, 6) is -0.0207. The van der Waals surface area contributed by atoms with E-state index >= 15 is 0 Å². The number of benzene rings is 1. The SMILES string of the molecule is Cn1nc(-c2ccccc2)c2c1CCN(S(=O)(=O)CC1COCCO1)CC2. The Bertz CT molecular complexity index is 889. The van der Waals surface area contributed by atoms with Crippen LogP contribution in [-0.2, 0) is 39.4 Å². The fraction of sp³-hybridized carbons (Fsp3) is 0.526. The Kier molecular flexibility index (Phi) is 5.32. The van der Waals surface area contributed by atoms with Crippen LogP contribution in [0.15, 0.2) is 30.3 Å². The maximum absolute atomic E-state index is 12.9. The molecule has 8 heteroatoms. The molecule has 146 valence electrons. The molecule has 0 saturated carbocycles. The van der Waals surface area contributed by atoms with Crippen LogP contribution in [0.3, 0.4) is 0 Å². The third kappa shape index (κ3) is 3.94. The lowest BCUT2D eigenvalue weighted by Crippen LogP contribution is -2.42. The monoisotopic (exact) mass is 391 g/mol. The average Bonchev–Trinajstić information content (AvgIpc) is 2.84. The van der Waals surface area contributed by atoms with E-state index in [9.17, 15) is 8.42 Å². The summed E-state index contributed by atoms with van der Waals surface area (Å²) in [5, 5.41) is 4.70. The molecule has 1 fully saturated rings. The van der Waals surface area contributed by atoms with Gasteiger partial charge in [-0.2, -0.15) is 5.10 Å². The molecule has 2 aliphatic heterocycles. The van der Waals surface area contributed by atoms with Crippen LogP contribution in [0.25, 0.3) is 11.3 Å². The van der Waals surface area contributed by atoms with Crippen molar-refractivity contribution in [3.05, 3.63) is 41.6 Å². The molecule has 0 bridgehead atoms. The summed E-state index contributed by atoms with van der Waals surface area (Å²) in [6.45, 7) is 2.27. The highest BCUT2D eigenvalue weighted by Crippen LogP contribution is 2.28. The van der Waals surface area contributed by atoms with Gasteiger partial charge < -0.3 is 9.47 Å². The van der Waals surface area contributed by atoms with E-state index in [1.165, 1.54) is 0 Å². The number of aryl methyl sites for hydroxylation is 1. The molecule has 2 aliphatic rings. The van der Waals surface area contributed by atoms with Crippen LogP contribution in [0.1, 0.15) is 11.3 Å². The fourth-order valence-electron chi connectivity index (χ4n) is 3.84. The molecule has 1 aromatic carbocycles. The van der Waals surface area contributed by atoms with Gasteiger partial charge in [0.1, 0.15) is 0 Å². The molecule has 1 aromatic heterocycles. The van der Waals surface area contributed by atoms with Crippen molar-refractivity contribution < 1.29 is 17.9 Å². The van der Waals surface area contributed by atoms with Crippen molar-refractivity contribution in [2.45, 2.75) is 18.9 Å². The predicted octanol–water partition coefficient (Wildman–Crippen LogP) is 1.23. The van der Waals surface area contributed by atoms with Crippen LogP contribution in [0.2, 0.25) is 0 Å². The van der Waals surface area contributed by atoms with Gasteiger partial charge in [-0.3, -0.25) is 4.68 Å². The molecule has 0 spiro atoms. The Labute approximate surface area is 159 Å². The Morgan fingerprint density at radius 1 is 1.15 bits per heavy atom. The minimum Gasteiger partial charge on any atom is -0.376 e. The van der Waals surface area contributed by atoms with Crippen molar-refractivity contribution in [3.8, 4) is 11.3 Å². The van der Waals surface area contributed by atoms with Gasteiger partial charge in [0.25, 0.3) is 0 Å². The first-order chi connectivity index (χ1) is 13.0. The van der Waals surface area contributed by atoms with E-state index < -0.39 is 10.0 Å². The normalized spacial score (nSPS) is 21.6. The van der Waals surface area contributed by atoms with Gasteiger partial charge in [-0.1, -0.05) is 30.3 Å². The second kappa shape index (κ2) is 7.71. The van der Waals surface area contributed by atoms with Gasteiger partial charge in [0.05, 0.1) is 37.4 Å². The van der Waals surface area contributed by atoms with E-state index in [2.05, 4.69) is 0 Å². The average molecular weight is 391 g/mol. The molecule has 1 atom stereocenters. The van der Waals surface area contributed by atoms with Crippen LogP contribution in [0, 0.1) is 0 Å². The summed E-state index contributed by atoms with van der Waals surface area (Å²) in [7, 11) is -1.46. The second-order valence-electron chi connectivity index (χ2n) is 7.01. The molecule has 7 nitrogen and oxygen atoms in total. The zero-order valence-electron chi connectivity index (χ0n) is 15.5. The number of aromatic nitrogens is 2. The van der Waals surface area contributed by atoms with Crippen LogP contribution in [0.4, 0.5) is 0 Å². The maximum Gasteiger partial charge on any atom is 0.216 e. The first-order valence-electron chi connectivity index (χ1n) is 9.32. The number of sulfonamides is 1. The van der Waals surface area contributed by atoms with Crippen molar-refractivity contribution >= 4 is 10.0 Å². The lowest BCUT2D eigenvalue weighted by atomic mass is 10.0. The highest BCUT2D eigenvalue weighted by molar-refractivity contribution is 7.89. The van der Waals surface area contributed by atoms with E-state index in [-0.39, 0.29) is 11.9 Å². The van der Waals surface area contributed by atoms with E-state index in [1.54, 1.807) is 4.31 Å². The summed E-state index contributed by atoms with van der Waals surface area (Å²) < 4.78 is 40.1. The molecule has 27 heavy (non-hydrogen) atoms. The largest absolute Gasteiger partial charge is 0.376 e. The predicted molar refractivity (Wildman–Crippen MR) is 102 cm³/mol. The minimum absolute atomic E-state index is 0.0207. The van der Waals surface area contributed by atoms with Gasteiger partial charge in [-0.05, 0) is 6.42 Å². The van der Waals surface area contributed by atoms with Crippen LogP contribution < -0.4 is 0 Å². The first-order valence-corrected chi connectivity index (χ1v) is 10.9. The van der Waals surface area contributed by atoms with Crippen LogP contribution in [-0.4, -0.2) is 67.3 Å². The Morgan fingerprint density at radius 3 is 2.67 bits per heavy atom. The first kappa shape index (κ1) is 18.6. The molecule has 0 aliphatic carbocycles. The molecule has 2 aromatic rings. The number of rotatable bonds is 4. The molecule has 0 radical (unpaired) electrons. The number of nitrogens with zero attached hydrogens (tertiary/aromatic N) is 3. The zero-order chi connectivity index (χ0) is 18.9. The summed E-state index contributed by atoms with van der Waals surface area (Å²) in [6.07, 6.45) is 0.942. The van der Waals surface area contributed by atoms with Gasteiger partial charge in [-0.15, -0.1) is 0 Å². The zero-order valence-corrected chi connectivity index (χ0v) is 16.3. The third-order valence-corrected chi connectivity index (χ3v) is 7.15. The Morgan fingerprint density at radius 2 is 1.93 bits per heavy atom. The van der Waals surface area contributed by atoms with Gasteiger partial charge >= 0.3 is 0 Å². The summed E-state index contributed by atoms with van der Waals surface area (Å²) >= 11 is 0. The molecule has 0 amide bonds. The topological polar surface area (TPSA) is 73.7 Å². The maximum atomic E-state index is 12.9. The van der Waals surface area contributed by atoms with Gasteiger partial charge in [0.15, 0.2) is 0 Å². The summed E-state index contributed by atoms with van der Waals surface area (Å²) in [5.41, 5.74) is 4.29. The van der Waals surface area contributed by atoms with Crippen molar-refractivity contribution in [1.29, 1.82) is 0 Å². The molecular weight excluding hydrogens is 366 g/mol. The van der Waals surface area contributed by atoms with E-state index in [0.717, 1.165) is 22.5 Å². The molecule has 3 heterocycles. The van der Waals surface area contributed by atoms with Gasteiger partial charge in [0, 0.05) is 43.4 Å². The van der Waals surface area contributed by atoms with Gasteiger partial charge in [-0.25, -0.2) is 12.7 Å². The van der Waals surface area contributed by atoms with E-state index in [0.29, 0.717) is 45.8 Å².